The summed E-state index contributed by atoms with van der Waals surface area (Å²) in [6.07, 6.45) is 1.42. The molecule has 2 heterocycles. The number of halogens is 1. The van der Waals surface area contributed by atoms with Gasteiger partial charge in [0.2, 0.25) is 0 Å². The molecule has 1 fully saturated rings. The van der Waals surface area contributed by atoms with Crippen molar-refractivity contribution in [1.82, 2.24) is 4.90 Å². The first kappa shape index (κ1) is 17.1. The van der Waals surface area contributed by atoms with Crippen LogP contribution in [0.15, 0.2) is 22.7 Å². The highest BCUT2D eigenvalue weighted by Crippen LogP contribution is 2.32. The van der Waals surface area contributed by atoms with Crippen LogP contribution in [0.2, 0.25) is 0 Å². The lowest BCUT2D eigenvalue weighted by Crippen LogP contribution is -2.45. The van der Waals surface area contributed by atoms with Crippen LogP contribution in [0.25, 0.3) is 0 Å². The minimum Gasteiger partial charge on any atom is -0.466 e. The first-order valence-electron chi connectivity index (χ1n) is 8.06. The van der Waals surface area contributed by atoms with Crippen LogP contribution in [0.1, 0.15) is 30.1 Å². The summed E-state index contributed by atoms with van der Waals surface area (Å²) in [6, 6.07) is 5.29. The van der Waals surface area contributed by atoms with Gasteiger partial charge in [-0.3, -0.25) is 24.2 Å². The Balaban J connectivity index is 1.65. The first-order valence-corrected chi connectivity index (χ1v) is 8.85. The lowest BCUT2D eigenvalue weighted by atomic mass is 9.97. The predicted octanol–water partition coefficient (Wildman–Crippen LogP) is 2.21. The van der Waals surface area contributed by atoms with Gasteiger partial charge in [0, 0.05) is 17.6 Å². The number of ketones is 1. The fraction of sp³-hybridized carbons (Fsp3) is 0.471. The Morgan fingerprint density at radius 1 is 1.29 bits per heavy atom. The maximum absolute atomic E-state index is 12.3. The highest BCUT2D eigenvalue weighted by molar-refractivity contribution is 9.10. The second-order valence-electron chi connectivity index (χ2n) is 6.01. The van der Waals surface area contributed by atoms with Gasteiger partial charge in [0.05, 0.1) is 30.4 Å². The molecule has 0 bridgehead atoms. The number of Topliss-reactive ketones (excluding diaryl/α,β-unsaturated/α-hetero) is 1. The number of ether oxygens (including phenoxy) is 1. The van der Waals surface area contributed by atoms with Gasteiger partial charge < -0.3 is 4.74 Å². The maximum Gasteiger partial charge on any atom is 0.309 e. The zero-order chi connectivity index (χ0) is 17.3. The van der Waals surface area contributed by atoms with Crippen molar-refractivity contribution >= 4 is 39.3 Å². The van der Waals surface area contributed by atoms with Gasteiger partial charge in [-0.15, -0.1) is 0 Å². The Morgan fingerprint density at radius 2 is 2.00 bits per heavy atom. The molecule has 0 N–H and O–H groups in total. The number of likely N-dealkylation sites (tertiary alicyclic amines) is 1. The molecule has 128 valence electrons. The van der Waals surface area contributed by atoms with Crippen molar-refractivity contribution in [1.29, 1.82) is 0 Å². The fourth-order valence-corrected chi connectivity index (χ4v) is 3.54. The van der Waals surface area contributed by atoms with E-state index < -0.39 is 11.7 Å². The number of hydrogen-bond donors (Lipinski definition) is 0. The Kier molecular flexibility index (Phi) is 5.01. The van der Waals surface area contributed by atoms with E-state index in [0.717, 1.165) is 4.47 Å². The van der Waals surface area contributed by atoms with Gasteiger partial charge in [-0.05, 0) is 38.0 Å². The van der Waals surface area contributed by atoms with Crippen molar-refractivity contribution in [2.75, 3.05) is 31.3 Å². The summed E-state index contributed by atoms with van der Waals surface area (Å²) in [5, 5.41) is 0. The smallest absolute Gasteiger partial charge is 0.309 e. The quantitative estimate of drug-likeness (QED) is 0.578. The number of nitrogens with zero attached hydrogens (tertiary/aromatic N) is 2. The second kappa shape index (κ2) is 7.03. The lowest BCUT2D eigenvalue weighted by Gasteiger charge is -2.33. The number of carbonyl (C=O) groups is 3. The van der Waals surface area contributed by atoms with Gasteiger partial charge in [0.1, 0.15) is 0 Å². The fourth-order valence-electron chi connectivity index (χ4n) is 3.18. The number of rotatable bonds is 4. The maximum atomic E-state index is 12.3. The van der Waals surface area contributed by atoms with Gasteiger partial charge in [-0.2, -0.15) is 0 Å². The van der Waals surface area contributed by atoms with Crippen molar-refractivity contribution in [3.8, 4) is 0 Å². The van der Waals surface area contributed by atoms with Crippen LogP contribution in [0.5, 0.6) is 0 Å². The monoisotopic (exact) mass is 394 g/mol. The largest absolute Gasteiger partial charge is 0.466 e. The highest BCUT2D eigenvalue weighted by Gasteiger charge is 2.37. The van der Waals surface area contributed by atoms with E-state index in [0.29, 0.717) is 50.5 Å². The van der Waals surface area contributed by atoms with Gasteiger partial charge in [-0.25, -0.2) is 0 Å². The van der Waals surface area contributed by atoms with Crippen molar-refractivity contribution < 1.29 is 19.1 Å². The zero-order valence-corrected chi connectivity index (χ0v) is 15.0. The molecule has 0 unspecified atom stereocenters. The van der Waals surface area contributed by atoms with Gasteiger partial charge in [0.15, 0.2) is 0 Å². The molecular formula is C17H19BrN2O4. The van der Waals surface area contributed by atoms with E-state index in [-0.39, 0.29) is 11.9 Å². The molecule has 2 aliphatic heterocycles. The summed E-state index contributed by atoms with van der Waals surface area (Å²) < 4.78 is 5.85. The SMILES string of the molecule is CCOC(=O)C1CCN(CN2C(=O)C(=O)c3cc(Br)ccc32)CC1. The summed E-state index contributed by atoms with van der Waals surface area (Å²) in [6.45, 7) is 3.98. The van der Waals surface area contributed by atoms with Gasteiger partial charge in [0.25, 0.3) is 5.78 Å². The van der Waals surface area contributed by atoms with E-state index in [1.54, 1.807) is 19.1 Å². The molecule has 1 aromatic carbocycles. The number of hydrogen-bond acceptors (Lipinski definition) is 5. The van der Waals surface area contributed by atoms with Crippen LogP contribution in [0.3, 0.4) is 0 Å². The molecule has 0 spiro atoms. The van der Waals surface area contributed by atoms with Crippen LogP contribution in [0, 0.1) is 5.92 Å². The normalized spacial score (nSPS) is 18.8. The van der Waals surface area contributed by atoms with Crippen LogP contribution in [0.4, 0.5) is 5.69 Å². The van der Waals surface area contributed by atoms with Gasteiger partial charge in [-0.1, -0.05) is 15.9 Å². The Hall–Kier alpha value is -1.73. The van der Waals surface area contributed by atoms with E-state index in [2.05, 4.69) is 20.8 Å². The molecule has 0 aromatic heterocycles. The topological polar surface area (TPSA) is 66.9 Å². The molecule has 24 heavy (non-hydrogen) atoms. The summed E-state index contributed by atoms with van der Waals surface area (Å²) in [7, 11) is 0. The second-order valence-corrected chi connectivity index (χ2v) is 6.93. The summed E-state index contributed by atoms with van der Waals surface area (Å²) >= 11 is 3.33. The number of amides is 1. The third-order valence-corrected chi connectivity index (χ3v) is 4.98. The Morgan fingerprint density at radius 3 is 2.67 bits per heavy atom. The summed E-state index contributed by atoms with van der Waals surface area (Å²) in [4.78, 5) is 39.8. The number of piperidine rings is 1. The van der Waals surface area contributed by atoms with Crippen LogP contribution < -0.4 is 4.90 Å². The number of esters is 1. The molecule has 0 radical (unpaired) electrons. The molecule has 6 nitrogen and oxygen atoms in total. The lowest BCUT2D eigenvalue weighted by molar-refractivity contribution is -0.149. The molecule has 0 atom stereocenters. The third kappa shape index (κ3) is 3.23. The van der Waals surface area contributed by atoms with E-state index >= 15 is 0 Å². The minimum atomic E-state index is -0.490. The van der Waals surface area contributed by atoms with E-state index in [1.807, 2.05) is 6.07 Å². The Labute approximate surface area is 148 Å². The zero-order valence-electron chi connectivity index (χ0n) is 13.5. The molecular weight excluding hydrogens is 376 g/mol. The molecule has 1 saturated heterocycles. The van der Waals surface area contributed by atoms with E-state index in [4.69, 9.17) is 4.74 Å². The first-order chi connectivity index (χ1) is 11.5. The average Bonchev–Trinajstić information content (AvgIpc) is 2.80. The molecule has 0 aliphatic carbocycles. The Bertz CT molecular complexity index is 683. The number of carbonyl (C=O) groups excluding carboxylic acids is 3. The van der Waals surface area contributed by atoms with Gasteiger partial charge >= 0.3 is 11.9 Å². The minimum absolute atomic E-state index is 0.0691. The van der Waals surface area contributed by atoms with Crippen molar-refractivity contribution in [2.24, 2.45) is 5.92 Å². The summed E-state index contributed by atoms with van der Waals surface area (Å²) in [5.41, 5.74) is 1.09. The van der Waals surface area contributed by atoms with Crippen LogP contribution >= 0.6 is 15.9 Å². The predicted molar refractivity (Wildman–Crippen MR) is 91.8 cm³/mol. The van der Waals surface area contributed by atoms with Crippen LogP contribution in [-0.2, 0) is 14.3 Å². The molecule has 1 amide bonds. The third-order valence-electron chi connectivity index (χ3n) is 4.48. The molecule has 7 heteroatoms. The summed E-state index contributed by atoms with van der Waals surface area (Å²) in [5.74, 6) is -1.16. The van der Waals surface area contributed by atoms with E-state index in [9.17, 15) is 14.4 Å². The van der Waals surface area contributed by atoms with E-state index in [1.165, 1.54) is 4.90 Å². The standard InChI is InChI=1S/C17H19BrN2O4/c1-2-24-17(23)11-5-7-19(8-6-11)10-20-14-4-3-12(18)9-13(14)15(21)16(20)22/h3-4,9,11H,2,5-8,10H2,1H3. The van der Waals surface area contributed by atoms with Crippen molar-refractivity contribution in [3.05, 3.63) is 28.2 Å². The molecule has 3 rings (SSSR count). The highest BCUT2D eigenvalue weighted by atomic mass is 79.9. The van der Waals surface area contributed by atoms with Crippen molar-refractivity contribution in [3.63, 3.8) is 0 Å². The number of benzene rings is 1. The van der Waals surface area contributed by atoms with Crippen molar-refractivity contribution in [2.45, 2.75) is 19.8 Å². The molecule has 2 aliphatic rings. The molecule has 1 aromatic rings. The number of fused-ring (bicyclic) bond motifs is 1. The molecule has 0 saturated carbocycles. The average molecular weight is 395 g/mol. The van der Waals surface area contributed by atoms with Crippen LogP contribution in [-0.4, -0.2) is 48.9 Å². The number of anilines is 1.